The van der Waals surface area contributed by atoms with Gasteiger partial charge in [0.2, 0.25) is 17.0 Å². The van der Waals surface area contributed by atoms with Gasteiger partial charge in [0.25, 0.3) is 0 Å². The van der Waals surface area contributed by atoms with Crippen molar-refractivity contribution >= 4 is 81.1 Å². The van der Waals surface area contributed by atoms with Crippen molar-refractivity contribution in [2.75, 3.05) is 23.8 Å². The Hall–Kier alpha value is -1.53. The molecule has 1 aromatic carbocycles. The van der Waals surface area contributed by atoms with Gasteiger partial charge in [-0.2, -0.15) is 0 Å². The van der Waals surface area contributed by atoms with E-state index < -0.39 is 34.0 Å². The van der Waals surface area contributed by atoms with Crippen molar-refractivity contribution in [2.45, 2.75) is 26.7 Å². The van der Waals surface area contributed by atoms with Gasteiger partial charge in [-0.15, -0.1) is 40.0 Å². The van der Waals surface area contributed by atoms with Gasteiger partial charge in [0.05, 0.1) is 16.7 Å². The zero-order valence-corrected chi connectivity index (χ0v) is 26.7. The molecular weight excluding hydrogens is 615 g/mol. The summed E-state index contributed by atoms with van der Waals surface area (Å²) >= 11 is 11.2. The summed E-state index contributed by atoms with van der Waals surface area (Å²) in [6.07, 6.45) is 0. The number of carboxylic acids is 1. The number of nitrogens with zero attached hydrogens (tertiary/aromatic N) is 6. The second-order valence-corrected chi connectivity index (χ2v) is 13.1. The molecule has 0 saturated carbocycles. The summed E-state index contributed by atoms with van der Waals surface area (Å²) in [5.74, 6) is -1.68. The zero-order chi connectivity index (χ0) is 27.0. The SMILES string of the molecule is Cn1nnnc1SCC1(C(=O)[O-])CS[C@@H]2C(NC(=O)C(Sc3ccccc3Cl)c3csc(N)n3)C(=O)N2C1.[Na+]. The number of halogens is 1. The quantitative estimate of drug-likeness (QED) is 0.146. The molecule has 2 aromatic heterocycles. The number of carbonyl (C=O) groups excluding carboxylic acids is 3. The van der Waals surface area contributed by atoms with Crippen LogP contribution in [0.25, 0.3) is 0 Å². The van der Waals surface area contributed by atoms with E-state index in [1.165, 1.54) is 56.2 Å². The maximum absolute atomic E-state index is 13.4. The maximum Gasteiger partial charge on any atom is 1.00 e. The van der Waals surface area contributed by atoms with E-state index in [4.69, 9.17) is 17.3 Å². The predicted molar refractivity (Wildman–Crippen MR) is 143 cm³/mol. The summed E-state index contributed by atoms with van der Waals surface area (Å²) in [6.45, 7) is -0.0308. The van der Waals surface area contributed by atoms with E-state index in [0.717, 1.165) is 0 Å². The number of carboxylic acid groups (broad SMARTS) is 1. The van der Waals surface area contributed by atoms with Gasteiger partial charge in [0.1, 0.15) is 16.7 Å². The normalized spacial score (nSPS) is 22.8. The maximum atomic E-state index is 13.4. The number of nitrogens with one attached hydrogen (secondary N) is 1. The number of amides is 2. The van der Waals surface area contributed by atoms with Crippen LogP contribution in [-0.4, -0.2) is 77.3 Å². The molecule has 0 spiro atoms. The van der Waals surface area contributed by atoms with Crippen molar-refractivity contribution in [3.63, 3.8) is 0 Å². The number of hydrogen-bond donors (Lipinski definition) is 2. The Morgan fingerprint density at radius 1 is 1.38 bits per heavy atom. The molecule has 2 fully saturated rings. The first-order valence-electron chi connectivity index (χ1n) is 11.1. The molecule has 0 radical (unpaired) electrons. The second-order valence-electron chi connectivity index (χ2n) is 8.63. The second kappa shape index (κ2) is 12.5. The first-order valence-corrected chi connectivity index (χ1v) is 15.3. The minimum atomic E-state index is -1.29. The van der Waals surface area contributed by atoms with Crippen molar-refractivity contribution in [3.05, 3.63) is 40.4 Å². The number of thioether (sulfide) groups is 3. The molecule has 3 aromatic rings. The monoisotopic (exact) mass is 634 g/mol. The summed E-state index contributed by atoms with van der Waals surface area (Å²) in [6, 6.07) is 6.33. The van der Waals surface area contributed by atoms with E-state index in [2.05, 4.69) is 25.8 Å². The fraction of sp³-hybridized carbons (Fsp3) is 0.381. The van der Waals surface area contributed by atoms with Crippen LogP contribution in [0, 0.1) is 5.41 Å². The van der Waals surface area contributed by atoms with Crippen LogP contribution in [0.5, 0.6) is 0 Å². The molecule has 4 heterocycles. The number of nitrogens with two attached hydrogens (primary N) is 1. The van der Waals surface area contributed by atoms with Crippen molar-refractivity contribution in [1.29, 1.82) is 0 Å². The van der Waals surface area contributed by atoms with Gasteiger partial charge in [-0.05, 0) is 22.6 Å². The van der Waals surface area contributed by atoms with E-state index in [9.17, 15) is 19.5 Å². The van der Waals surface area contributed by atoms with E-state index in [0.29, 0.717) is 25.9 Å². The number of fused-ring (bicyclic) bond motifs is 1. The average molecular weight is 635 g/mol. The first kappa shape index (κ1) is 30.4. The Balaban J connectivity index is 0.00000353. The number of β-lactam (4-membered cyclic amide) rings is 1. The number of benzene rings is 1. The average Bonchev–Trinajstić information content (AvgIpc) is 3.52. The Bertz CT molecular complexity index is 1400. The molecule has 39 heavy (non-hydrogen) atoms. The molecule has 2 saturated heterocycles. The molecule has 2 aliphatic rings. The number of aromatic nitrogens is 5. The van der Waals surface area contributed by atoms with Crippen molar-refractivity contribution in [3.8, 4) is 0 Å². The molecule has 0 aliphatic carbocycles. The van der Waals surface area contributed by atoms with Gasteiger partial charge in [0.15, 0.2) is 5.13 Å². The van der Waals surface area contributed by atoms with Crippen LogP contribution in [0.1, 0.15) is 10.9 Å². The molecule has 2 amide bonds. The number of tetrazole rings is 1. The van der Waals surface area contributed by atoms with E-state index >= 15 is 0 Å². The van der Waals surface area contributed by atoms with Crippen LogP contribution in [0.15, 0.2) is 39.7 Å². The zero-order valence-electron chi connectivity index (χ0n) is 20.6. The number of thiazole rings is 1. The van der Waals surface area contributed by atoms with Gasteiger partial charge < -0.3 is 25.9 Å². The molecular formula is C21H20ClN8NaO4S4. The van der Waals surface area contributed by atoms with E-state index in [1.807, 2.05) is 6.07 Å². The fourth-order valence-corrected chi connectivity index (χ4v) is 8.66. The van der Waals surface area contributed by atoms with Gasteiger partial charge >= 0.3 is 29.6 Å². The molecule has 3 unspecified atom stereocenters. The minimum absolute atomic E-state index is 0. The van der Waals surface area contributed by atoms with Gasteiger partial charge in [-0.25, -0.2) is 9.67 Å². The number of aryl methyl sites for hydroxylation is 1. The third kappa shape index (κ3) is 6.22. The Kier molecular flexibility index (Phi) is 9.79. The summed E-state index contributed by atoms with van der Waals surface area (Å²) < 4.78 is 1.44. The largest absolute Gasteiger partial charge is 1.00 e. The molecule has 12 nitrogen and oxygen atoms in total. The Morgan fingerprint density at radius 2 is 2.15 bits per heavy atom. The number of nitrogen functional groups attached to an aromatic ring is 1. The van der Waals surface area contributed by atoms with Crippen LogP contribution in [-0.2, 0) is 21.4 Å². The van der Waals surface area contributed by atoms with Gasteiger partial charge in [0, 0.05) is 40.8 Å². The standard InChI is InChI=1S/C21H21ClN8O4S4.Na/c1-29-20(26-27-28-29)37-9-21(18(33)34)7-30-16(32)13(17(30)36-8-21)25-15(31)14(11-6-35-19(23)24-11)38-12-5-3-2-4-10(12)22;/h2-6,13-14,17H,7-9H2,1H3,(H2,23,24)(H,25,31)(H,33,34);/q;+1/p-1/t13?,14?,17-,21?;/m1./s1. The summed E-state index contributed by atoms with van der Waals surface area (Å²) in [5, 5.41) is 28.0. The number of anilines is 1. The number of hydrogen-bond acceptors (Lipinski definition) is 13. The number of aliphatic carboxylic acids is 1. The molecule has 18 heteroatoms. The predicted octanol–water partition coefficient (Wildman–Crippen LogP) is -2.33. The third-order valence-electron chi connectivity index (χ3n) is 6.06. The van der Waals surface area contributed by atoms with Gasteiger partial charge in [-0.3, -0.25) is 9.59 Å². The van der Waals surface area contributed by atoms with Crippen LogP contribution in [0.2, 0.25) is 5.02 Å². The molecule has 0 bridgehead atoms. The third-order valence-corrected chi connectivity index (χ3v) is 11.4. The first-order chi connectivity index (χ1) is 18.2. The molecule has 5 rings (SSSR count). The van der Waals surface area contributed by atoms with Crippen LogP contribution in [0.3, 0.4) is 0 Å². The number of carbonyl (C=O) groups is 3. The fourth-order valence-electron chi connectivity index (χ4n) is 4.01. The van der Waals surface area contributed by atoms with Crippen molar-refractivity contribution < 1.29 is 49.0 Å². The smallest absolute Gasteiger partial charge is 0.549 e. The molecule has 200 valence electrons. The van der Waals surface area contributed by atoms with Crippen LogP contribution >= 0.6 is 58.2 Å². The van der Waals surface area contributed by atoms with E-state index in [1.54, 1.807) is 30.6 Å². The van der Waals surface area contributed by atoms with Crippen molar-refractivity contribution in [1.82, 2.24) is 35.4 Å². The van der Waals surface area contributed by atoms with Crippen LogP contribution in [0.4, 0.5) is 5.13 Å². The van der Waals surface area contributed by atoms with Gasteiger partial charge in [-0.1, -0.05) is 35.5 Å². The van der Waals surface area contributed by atoms with Crippen molar-refractivity contribution in [2.24, 2.45) is 12.5 Å². The minimum Gasteiger partial charge on any atom is -0.549 e. The number of rotatable bonds is 9. The molecule has 3 N–H and O–H groups in total. The Labute approximate surface area is 266 Å². The molecule has 2 aliphatic heterocycles. The summed E-state index contributed by atoms with van der Waals surface area (Å²) in [5.41, 5.74) is 4.98. The van der Waals surface area contributed by atoms with E-state index in [-0.39, 0.29) is 53.5 Å². The summed E-state index contributed by atoms with van der Waals surface area (Å²) in [7, 11) is 1.66. The Morgan fingerprint density at radius 3 is 2.79 bits per heavy atom. The van der Waals surface area contributed by atoms with Crippen LogP contribution < -0.4 is 45.7 Å². The summed E-state index contributed by atoms with van der Waals surface area (Å²) in [4.78, 5) is 45.1. The molecule has 4 atom stereocenters. The topological polar surface area (TPSA) is 172 Å².